The van der Waals surface area contributed by atoms with Crippen molar-refractivity contribution in [1.29, 1.82) is 0 Å². The maximum atomic E-state index is 11.9. The number of rotatable bonds is 2. The van der Waals surface area contributed by atoms with Gasteiger partial charge in [-0.2, -0.15) is 0 Å². The predicted octanol–water partition coefficient (Wildman–Crippen LogP) is 3.04. The van der Waals surface area contributed by atoms with Gasteiger partial charge in [-0.05, 0) is 30.9 Å². The van der Waals surface area contributed by atoms with E-state index in [1.807, 2.05) is 29.2 Å². The van der Waals surface area contributed by atoms with Crippen molar-refractivity contribution in [2.75, 3.05) is 13.1 Å². The number of benzene rings is 1. The van der Waals surface area contributed by atoms with Crippen LogP contribution >= 0.6 is 11.6 Å². The van der Waals surface area contributed by atoms with E-state index in [9.17, 15) is 4.79 Å². The molecule has 1 aliphatic heterocycles. The summed E-state index contributed by atoms with van der Waals surface area (Å²) in [6.45, 7) is 2.23. The number of piperidine rings is 1. The summed E-state index contributed by atoms with van der Waals surface area (Å²) >= 11 is 6.03. The van der Waals surface area contributed by atoms with Crippen molar-refractivity contribution in [1.82, 2.24) is 10.2 Å². The van der Waals surface area contributed by atoms with Gasteiger partial charge in [0.2, 0.25) is 0 Å². The standard InChI is InChI=1S/C13H17ClN2O/c14-12-7-3-2-6-11(12)10-15-13(17)16-8-4-1-5-9-16/h2-3,6-7H,1,4-5,8-10H2,(H,15,17). The van der Waals surface area contributed by atoms with Crippen LogP contribution in [0.5, 0.6) is 0 Å². The van der Waals surface area contributed by atoms with Crippen LogP contribution in [0.15, 0.2) is 24.3 Å². The topological polar surface area (TPSA) is 32.3 Å². The lowest BCUT2D eigenvalue weighted by Crippen LogP contribution is -2.42. The summed E-state index contributed by atoms with van der Waals surface area (Å²) in [6.07, 6.45) is 3.45. The first kappa shape index (κ1) is 12.2. The van der Waals surface area contributed by atoms with Crippen molar-refractivity contribution in [2.45, 2.75) is 25.8 Å². The third kappa shape index (κ3) is 3.37. The Morgan fingerprint density at radius 2 is 1.94 bits per heavy atom. The molecule has 92 valence electrons. The van der Waals surface area contributed by atoms with Crippen molar-refractivity contribution < 1.29 is 4.79 Å². The summed E-state index contributed by atoms with van der Waals surface area (Å²) < 4.78 is 0. The van der Waals surface area contributed by atoms with Crippen LogP contribution in [-0.2, 0) is 6.54 Å². The molecule has 1 aromatic rings. The average molecular weight is 253 g/mol. The lowest BCUT2D eigenvalue weighted by atomic mass is 10.1. The molecule has 1 N–H and O–H groups in total. The van der Waals surface area contributed by atoms with E-state index in [-0.39, 0.29) is 6.03 Å². The molecule has 3 nitrogen and oxygen atoms in total. The van der Waals surface area contributed by atoms with E-state index in [2.05, 4.69) is 5.32 Å². The van der Waals surface area contributed by atoms with Gasteiger partial charge in [0.15, 0.2) is 0 Å². The number of likely N-dealkylation sites (tertiary alicyclic amines) is 1. The summed E-state index contributed by atoms with van der Waals surface area (Å²) in [6, 6.07) is 7.60. The fourth-order valence-electron chi connectivity index (χ4n) is 2.02. The second-order valence-electron chi connectivity index (χ2n) is 4.30. The Hall–Kier alpha value is -1.22. The minimum absolute atomic E-state index is 0.0182. The minimum atomic E-state index is 0.0182. The van der Waals surface area contributed by atoms with Gasteiger partial charge in [0, 0.05) is 24.7 Å². The van der Waals surface area contributed by atoms with Gasteiger partial charge in [0.25, 0.3) is 0 Å². The Balaban J connectivity index is 1.85. The lowest BCUT2D eigenvalue weighted by Gasteiger charge is -2.26. The number of hydrogen-bond acceptors (Lipinski definition) is 1. The van der Waals surface area contributed by atoms with Crippen molar-refractivity contribution in [3.63, 3.8) is 0 Å². The quantitative estimate of drug-likeness (QED) is 0.862. The molecule has 0 bridgehead atoms. The van der Waals surface area contributed by atoms with Crippen molar-refractivity contribution >= 4 is 17.6 Å². The van der Waals surface area contributed by atoms with Gasteiger partial charge < -0.3 is 10.2 Å². The van der Waals surface area contributed by atoms with Crippen LogP contribution < -0.4 is 5.32 Å². The van der Waals surface area contributed by atoms with Crippen LogP contribution in [0.25, 0.3) is 0 Å². The molecule has 1 aromatic carbocycles. The smallest absolute Gasteiger partial charge is 0.317 e. The molecule has 0 aliphatic carbocycles. The monoisotopic (exact) mass is 252 g/mol. The third-order valence-electron chi connectivity index (χ3n) is 3.03. The Labute approximate surface area is 107 Å². The number of hydrogen-bond donors (Lipinski definition) is 1. The van der Waals surface area contributed by atoms with Gasteiger partial charge in [0.1, 0.15) is 0 Å². The van der Waals surface area contributed by atoms with E-state index in [1.165, 1.54) is 6.42 Å². The maximum Gasteiger partial charge on any atom is 0.317 e. The highest BCUT2D eigenvalue weighted by Crippen LogP contribution is 2.14. The van der Waals surface area contributed by atoms with Crippen LogP contribution in [0.3, 0.4) is 0 Å². The highest BCUT2D eigenvalue weighted by atomic mass is 35.5. The molecule has 2 amide bonds. The number of halogens is 1. The van der Waals surface area contributed by atoms with Crippen LogP contribution in [0.4, 0.5) is 4.79 Å². The summed E-state index contributed by atoms with van der Waals surface area (Å²) in [7, 11) is 0. The van der Waals surface area contributed by atoms with Gasteiger partial charge in [0.05, 0.1) is 0 Å². The Kier molecular flexibility index (Phi) is 4.26. The highest BCUT2D eigenvalue weighted by molar-refractivity contribution is 6.31. The molecule has 0 spiro atoms. The van der Waals surface area contributed by atoms with Gasteiger partial charge in [-0.15, -0.1) is 0 Å². The zero-order valence-corrected chi connectivity index (χ0v) is 10.5. The average Bonchev–Trinajstić information content (AvgIpc) is 2.38. The van der Waals surface area contributed by atoms with Gasteiger partial charge in [-0.1, -0.05) is 29.8 Å². The third-order valence-corrected chi connectivity index (χ3v) is 3.40. The van der Waals surface area contributed by atoms with E-state index in [4.69, 9.17) is 11.6 Å². The largest absolute Gasteiger partial charge is 0.334 e. The molecule has 0 atom stereocenters. The first-order valence-corrected chi connectivity index (χ1v) is 6.41. The molecule has 2 rings (SSSR count). The molecule has 0 saturated carbocycles. The molecule has 1 heterocycles. The van der Waals surface area contributed by atoms with Gasteiger partial charge in [-0.3, -0.25) is 0 Å². The van der Waals surface area contributed by atoms with Crippen LogP contribution in [-0.4, -0.2) is 24.0 Å². The first-order chi connectivity index (χ1) is 8.27. The lowest BCUT2D eigenvalue weighted by molar-refractivity contribution is 0.186. The molecular formula is C13H17ClN2O. The molecule has 1 saturated heterocycles. The number of nitrogens with zero attached hydrogens (tertiary/aromatic N) is 1. The molecule has 0 aromatic heterocycles. The molecule has 1 aliphatic rings. The number of carbonyl (C=O) groups is 1. The first-order valence-electron chi connectivity index (χ1n) is 6.03. The molecule has 0 unspecified atom stereocenters. The van der Waals surface area contributed by atoms with Gasteiger partial charge >= 0.3 is 6.03 Å². The number of amides is 2. The normalized spacial score (nSPS) is 15.7. The number of carbonyl (C=O) groups excluding carboxylic acids is 1. The zero-order valence-electron chi connectivity index (χ0n) is 9.79. The molecular weight excluding hydrogens is 236 g/mol. The van der Waals surface area contributed by atoms with E-state index < -0.39 is 0 Å². The van der Waals surface area contributed by atoms with Crippen molar-refractivity contribution in [2.24, 2.45) is 0 Å². The van der Waals surface area contributed by atoms with Gasteiger partial charge in [-0.25, -0.2) is 4.79 Å². The van der Waals surface area contributed by atoms with Crippen LogP contribution in [0.2, 0.25) is 5.02 Å². The molecule has 0 radical (unpaired) electrons. The van der Waals surface area contributed by atoms with E-state index >= 15 is 0 Å². The summed E-state index contributed by atoms with van der Waals surface area (Å²) in [4.78, 5) is 13.7. The zero-order chi connectivity index (χ0) is 12.1. The van der Waals surface area contributed by atoms with Crippen LogP contribution in [0, 0.1) is 0 Å². The van der Waals surface area contributed by atoms with E-state index in [0.717, 1.165) is 31.5 Å². The number of urea groups is 1. The highest BCUT2D eigenvalue weighted by Gasteiger charge is 2.15. The van der Waals surface area contributed by atoms with Crippen LogP contribution in [0.1, 0.15) is 24.8 Å². The summed E-state index contributed by atoms with van der Waals surface area (Å²) in [5, 5.41) is 3.61. The Bertz CT molecular complexity index is 389. The second-order valence-corrected chi connectivity index (χ2v) is 4.71. The van der Waals surface area contributed by atoms with Crippen molar-refractivity contribution in [3.8, 4) is 0 Å². The SMILES string of the molecule is O=C(NCc1ccccc1Cl)N1CCCCC1. The molecule has 4 heteroatoms. The fourth-order valence-corrected chi connectivity index (χ4v) is 2.22. The molecule has 1 fully saturated rings. The Morgan fingerprint density at radius 3 is 2.65 bits per heavy atom. The van der Waals surface area contributed by atoms with E-state index in [1.54, 1.807) is 0 Å². The second kappa shape index (κ2) is 5.92. The van der Waals surface area contributed by atoms with E-state index in [0.29, 0.717) is 11.6 Å². The number of nitrogens with one attached hydrogen (secondary N) is 1. The minimum Gasteiger partial charge on any atom is -0.334 e. The van der Waals surface area contributed by atoms with Crippen molar-refractivity contribution in [3.05, 3.63) is 34.9 Å². The predicted molar refractivity (Wildman–Crippen MR) is 69.1 cm³/mol. The summed E-state index contributed by atoms with van der Waals surface area (Å²) in [5.41, 5.74) is 0.958. The summed E-state index contributed by atoms with van der Waals surface area (Å²) in [5.74, 6) is 0. The fraction of sp³-hybridized carbons (Fsp3) is 0.462. The molecule has 17 heavy (non-hydrogen) atoms. The Morgan fingerprint density at radius 1 is 1.24 bits per heavy atom. The maximum absolute atomic E-state index is 11.9.